The van der Waals surface area contributed by atoms with Crippen molar-refractivity contribution in [2.75, 3.05) is 26.4 Å². The van der Waals surface area contributed by atoms with Crippen LogP contribution in [0.15, 0.2) is 24.3 Å². The highest BCUT2D eigenvalue weighted by atomic mass is 19.4. The van der Waals surface area contributed by atoms with Gasteiger partial charge >= 0.3 is 12.1 Å². The van der Waals surface area contributed by atoms with E-state index in [0.717, 1.165) is 0 Å². The Balaban J connectivity index is 1.93. The summed E-state index contributed by atoms with van der Waals surface area (Å²) < 4.78 is 51.9. The summed E-state index contributed by atoms with van der Waals surface area (Å²) in [5, 5.41) is 11.6. The van der Waals surface area contributed by atoms with Gasteiger partial charge < -0.3 is 24.6 Å². The zero-order valence-electron chi connectivity index (χ0n) is 13.7. The first-order chi connectivity index (χ1) is 12.2. The summed E-state index contributed by atoms with van der Waals surface area (Å²) in [6.45, 7) is -1.61. The molecule has 26 heavy (non-hydrogen) atoms. The van der Waals surface area contributed by atoms with Crippen molar-refractivity contribution in [2.45, 2.75) is 24.6 Å². The van der Waals surface area contributed by atoms with Crippen LogP contribution in [-0.2, 0) is 14.3 Å². The van der Waals surface area contributed by atoms with Crippen molar-refractivity contribution >= 4 is 11.9 Å². The molecule has 0 saturated carbocycles. The maximum Gasteiger partial charge on any atom is 0.422 e. The predicted molar refractivity (Wildman–Crippen MR) is 82.0 cm³/mol. The Bertz CT molecular complexity index is 643. The number of benzene rings is 1. The van der Waals surface area contributed by atoms with Crippen molar-refractivity contribution in [1.29, 1.82) is 0 Å². The van der Waals surface area contributed by atoms with Gasteiger partial charge in [-0.25, -0.2) is 0 Å². The number of ether oxygens (including phenoxy) is 3. The number of carbonyl (C=O) groups is 2. The summed E-state index contributed by atoms with van der Waals surface area (Å²) >= 11 is 0. The molecule has 1 aliphatic rings. The number of halogens is 3. The Morgan fingerprint density at radius 3 is 2.42 bits per heavy atom. The Morgan fingerprint density at radius 1 is 1.23 bits per heavy atom. The van der Waals surface area contributed by atoms with Gasteiger partial charge in [-0.2, -0.15) is 13.2 Å². The molecule has 1 aromatic carbocycles. The van der Waals surface area contributed by atoms with Crippen LogP contribution >= 0.6 is 0 Å². The number of hydrogen-bond acceptors (Lipinski definition) is 5. The molecular formula is C16H18F3NO6. The lowest BCUT2D eigenvalue weighted by Crippen LogP contribution is -2.51. The maximum atomic E-state index is 12.3. The van der Waals surface area contributed by atoms with Gasteiger partial charge in [0.1, 0.15) is 0 Å². The zero-order valence-corrected chi connectivity index (χ0v) is 13.7. The van der Waals surface area contributed by atoms with Crippen LogP contribution < -0.4 is 14.8 Å². The largest absolute Gasteiger partial charge is 0.481 e. The smallest absolute Gasteiger partial charge is 0.422 e. The van der Waals surface area contributed by atoms with E-state index in [1.54, 1.807) is 0 Å². The molecule has 0 spiro atoms. The van der Waals surface area contributed by atoms with Crippen LogP contribution in [0.1, 0.15) is 12.8 Å². The van der Waals surface area contributed by atoms with E-state index in [0.29, 0.717) is 13.0 Å². The summed E-state index contributed by atoms with van der Waals surface area (Å²) in [6, 6.07) is 5.64. The fourth-order valence-electron chi connectivity index (χ4n) is 2.50. The Hall–Kier alpha value is -2.49. The molecule has 10 heteroatoms. The van der Waals surface area contributed by atoms with Gasteiger partial charge in [-0.15, -0.1) is 0 Å². The summed E-state index contributed by atoms with van der Waals surface area (Å²) in [4.78, 5) is 23.1. The fourth-order valence-corrected chi connectivity index (χ4v) is 2.50. The van der Waals surface area contributed by atoms with Crippen molar-refractivity contribution in [3.05, 3.63) is 24.3 Å². The van der Waals surface area contributed by atoms with Gasteiger partial charge in [-0.3, -0.25) is 9.59 Å². The van der Waals surface area contributed by atoms with E-state index in [2.05, 4.69) is 10.1 Å². The minimum atomic E-state index is -4.50. The zero-order chi connectivity index (χ0) is 19.2. The lowest BCUT2D eigenvalue weighted by Gasteiger charge is -2.27. The monoisotopic (exact) mass is 377 g/mol. The molecule has 0 aromatic heterocycles. The van der Waals surface area contributed by atoms with Gasteiger partial charge in [-0.05, 0) is 18.6 Å². The molecule has 2 N–H and O–H groups in total. The maximum absolute atomic E-state index is 12.3. The van der Waals surface area contributed by atoms with Crippen LogP contribution in [0.2, 0.25) is 0 Å². The van der Waals surface area contributed by atoms with Gasteiger partial charge in [0.2, 0.25) is 0 Å². The summed E-state index contributed by atoms with van der Waals surface area (Å²) in [7, 11) is 0. The molecule has 0 aliphatic carbocycles. The van der Waals surface area contributed by atoms with E-state index in [-0.39, 0.29) is 24.5 Å². The quantitative estimate of drug-likeness (QED) is 0.717. The number of carboxylic acid groups (broad SMARTS) is 1. The van der Waals surface area contributed by atoms with Crippen molar-refractivity contribution in [3.8, 4) is 11.5 Å². The number of carboxylic acids is 1. The lowest BCUT2D eigenvalue weighted by molar-refractivity contribution is -0.153. The van der Waals surface area contributed by atoms with E-state index in [4.69, 9.17) is 14.6 Å². The number of carbonyl (C=O) groups excluding carboxylic acids is 1. The topological polar surface area (TPSA) is 94.1 Å². The highest BCUT2D eigenvalue weighted by molar-refractivity contribution is 5.80. The molecule has 1 atom stereocenters. The number of hydrogen-bond donors (Lipinski definition) is 2. The third-order valence-electron chi connectivity index (χ3n) is 3.60. The van der Waals surface area contributed by atoms with E-state index in [1.807, 2.05) is 0 Å². The third kappa shape index (κ3) is 6.10. The summed E-state index contributed by atoms with van der Waals surface area (Å²) in [5.74, 6) is -1.87. The molecule has 2 rings (SSSR count). The summed E-state index contributed by atoms with van der Waals surface area (Å²) in [6.07, 6.45) is -4.46. The lowest BCUT2D eigenvalue weighted by atomic mass is 9.94. The average molecular weight is 377 g/mol. The second-order valence-electron chi connectivity index (χ2n) is 5.84. The number of para-hydroxylation sites is 2. The van der Waals surface area contributed by atoms with Crippen LogP contribution in [0, 0.1) is 0 Å². The molecule has 0 radical (unpaired) electrons. The van der Waals surface area contributed by atoms with Crippen molar-refractivity contribution in [3.63, 3.8) is 0 Å². The minimum absolute atomic E-state index is 0.0261. The first kappa shape index (κ1) is 19.8. The fraction of sp³-hybridized carbons (Fsp3) is 0.500. The number of aliphatic carboxylic acids is 1. The second-order valence-corrected chi connectivity index (χ2v) is 5.84. The highest BCUT2D eigenvalue weighted by Gasteiger charge is 2.38. The first-order valence-electron chi connectivity index (χ1n) is 7.71. The molecule has 1 aromatic rings. The molecule has 1 fully saturated rings. The van der Waals surface area contributed by atoms with Crippen LogP contribution in [0.4, 0.5) is 13.2 Å². The third-order valence-corrected chi connectivity index (χ3v) is 3.60. The van der Waals surface area contributed by atoms with Crippen molar-refractivity contribution in [2.24, 2.45) is 0 Å². The number of rotatable bonds is 8. The Kier molecular flexibility index (Phi) is 6.30. The van der Waals surface area contributed by atoms with Gasteiger partial charge in [0.25, 0.3) is 5.91 Å². The van der Waals surface area contributed by atoms with Crippen LogP contribution in [0.25, 0.3) is 0 Å². The normalized spacial score (nSPS) is 19.8. The molecule has 1 aliphatic heterocycles. The number of alkyl halides is 3. The predicted octanol–water partition coefficient (Wildman–Crippen LogP) is 1.76. The molecule has 144 valence electrons. The average Bonchev–Trinajstić information content (AvgIpc) is 2.98. The number of amides is 1. The molecule has 7 nitrogen and oxygen atoms in total. The van der Waals surface area contributed by atoms with Crippen molar-refractivity contribution in [1.82, 2.24) is 5.32 Å². The molecule has 1 unspecified atom stereocenters. The number of nitrogens with one attached hydrogen (secondary N) is 1. The second kappa shape index (κ2) is 8.26. The van der Waals surface area contributed by atoms with Gasteiger partial charge in [0.15, 0.2) is 24.7 Å². The van der Waals surface area contributed by atoms with Gasteiger partial charge in [0, 0.05) is 6.61 Å². The van der Waals surface area contributed by atoms with Crippen LogP contribution in [0.3, 0.4) is 0 Å². The van der Waals surface area contributed by atoms with Crippen LogP contribution in [0.5, 0.6) is 11.5 Å². The van der Waals surface area contributed by atoms with Crippen molar-refractivity contribution < 1.29 is 42.1 Å². The molecule has 1 heterocycles. The first-order valence-corrected chi connectivity index (χ1v) is 7.71. The highest BCUT2D eigenvalue weighted by Crippen LogP contribution is 2.28. The standard InChI is InChI=1S/C16H18F3NO6/c17-16(18,19)10-26-12-4-2-1-3-11(12)25-8-13(21)20-15(7-14(22)23)5-6-24-9-15/h1-4H,5-10H2,(H,20,21)(H,22,23). The molecule has 1 saturated heterocycles. The molecular weight excluding hydrogens is 359 g/mol. The van der Waals surface area contributed by atoms with Gasteiger partial charge in [0.05, 0.1) is 18.6 Å². The van der Waals surface area contributed by atoms with Crippen LogP contribution in [-0.4, -0.2) is 55.1 Å². The van der Waals surface area contributed by atoms with E-state index < -0.39 is 36.8 Å². The molecule has 0 bridgehead atoms. The van der Waals surface area contributed by atoms with E-state index in [1.165, 1.54) is 24.3 Å². The van der Waals surface area contributed by atoms with Gasteiger partial charge in [-0.1, -0.05) is 12.1 Å². The molecule has 1 amide bonds. The Morgan fingerprint density at radius 2 is 1.88 bits per heavy atom. The Labute approximate surface area is 147 Å². The van der Waals surface area contributed by atoms with E-state index >= 15 is 0 Å². The summed E-state index contributed by atoms with van der Waals surface area (Å²) in [5.41, 5.74) is -1.02. The van der Waals surface area contributed by atoms with E-state index in [9.17, 15) is 22.8 Å². The minimum Gasteiger partial charge on any atom is -0.481 e. The SMILES string of the molecule is O=C(O)CC1(NC(=O)COc2ccccc2OCC(F)(F)F)CCOC1.